The minimum absolute atomic E-state index is 0.0157. The summed E-state index contributed by atoms with van der Waals surface area (Å²) >= 11 is 1.67. The minimum Gasteiger partial charge on any atom is -0.135 e. The molecule has 0 N–H and O–H groups in total. The fraction of sp³-hybridized carbons (Fsp3) is 0.217. The van der Waals surface area contributed by atoms with E-state index in [9.17, 15) is 0 Å². The van der Waals surface area contributed by atoms with Gasteiger partial charge in [0, 0.05) is 20.2 Å². The van der Waals surface area contributed by atoms with Crippen LogP contribution in [0.1, 0.15) is 38.8 Å². The van der Waals surface area contributed by atoms with Crippen molar-refractivity contribution in [1.29, 1.82) is 0 Å². The van der Waals surface area contributed by atoms with Crippen molar-refractivity contribution in [1.82, 2.24) is 0 Å². The van der Waals surface area contributed by atoms with E-state index in [-0.39, 0.29) is 41.2 Å². The minimum atomic E-state index is -0.364. The lowest BCUT2D eigenvalue weighted by atomic mass is 9.82. The fourth-order valence-corrected chi connectivity index (χ4v) is 4.67. The van der Waals surface area contributed by atoms with Crippen molar-refractivity contribution in [2.75, 3.05) is 0 Å². The van der Waals surface area contributed by atoms with Gasteiger partial charge in [0.2, 0.25) is 0 Å². The van der Waals surface area contributed by atoms with Gasteiger partial charge < -0.3 is 0 Å². The van der Waals surface area contributed by atoms with Gasteiger partial charge in [-0.3, -0.25) is 0 Å². The summed E-state index contributed by atoms with van der Waals surface area (Å²) in [4.78, 5) is 0. The van der Waals surface area contributed by atoms with Gasteiger partial charge in [-0.2, -0.15) is 0 Å². The third kappa shape index (κ3) is 2.35. The molecule has 0 saturated carbocycles. The Bertz CT molecular complexity index is 1270. The van der Waals surface area contributed by atoms with Gasteiger partial charge >= 0.3 is 0 Å². The molecule has 0 nitrogen and oxygen atoms in total. The zero-order chi connectivity index (χ0) is 21.2. The maximum absolute atomic E-state index is 8.44. The first-order valence-electron chi connectivity index (χ1n) is 10.6. The van der Waals surface area contributed by atoms with Crippen molar-refractivity contribution in [2.24, 2.45) is 0 Å². The van der Waals surface area contributed by atoms with Crippen LogP contribution in [0.2, 0.25) is 0 Å². The first-order chi connectivity index (χ1) is 13.5. The first-order valence-corrected chi connectivity index (χ1v) is 8.88. The predicted octanol–water partition coefficient (Wildman–Crippen LogP) is 7.33. The highest BCUT2D eigenvalue weighted by molar-refractivity contribution is 7.26. The molecule has 0 saturated heterocycles. The highest BCUT2D eigenvalue weighted by Crippen LogP contribution is 2.43. The molecule has 0 spiro atoms. The largest absolute Gasteiger partial charge is 0.135 e. The molecule has 0 atom stereocenters. The van der Waals surface area contributed by atoms with Crippen LogP contribution < -0.4 is 0 Å². The molecule has 1 aromatic heterocycles. The Morgan fingerprint density at radius 3 is 2.29 bits per heavy atom. The summed E-state index contributed by atoms with van der Waals surface area (Å²) in [6.07, 6.45) is 0. The molecular weight excluding hydrogens is 308 g/mol. The SMILES string of the molecule is [2H]c1c([2H])c([2H])c(-c2cccc3sc4ccc(C(C)(C)C)c(C)c4c23)c([2H])c1[2H]. The average Bonchev–Trinajstić information content (AvgIpc) is 3.04. The Balaban J connectivity index is 2.20. The predicted molar refractivity (Wildman–Crippen MR) is 108 cm³/mol. The van der Waals surface area contributed by atoms with Gasteiger partial charge in [-0.15, -0.1) is 11.3 Å². The Hall–Kier alpha value is -2.12. The highest BCUT2D eigenvalue weighted by atomic mass is 32.1. The lowest BCUT2D eigenvalue weighted by Crippen LogP contribution is -2.12. The Morgan fingerprint density at radius 1 is 0.875 bits per heavy atom. The molecule has 4 aromatic rings. The summed E-state index contributed by atoms with van der Waals surface area (Å²) < 4.78 is 43.1. The first kappa shape index (κ1) is 10.7. The van der Waals surface area contributed by atoms with Crippen molar-refractivity contribution >= 4 is 31.5 Å². The molecule has 0 amide bonds. The van der Waals surface area contributed by atoms with Crippen LogP contribution in [-0.2, 0) is 5.41 Å². The van der Waals surface area contributed by atoms with E-state index in [4.69, 9.17) is 6.85 Å². The van der Waals surface area contributed by atoms with E-state index < -0.39 is 0 Å². The Labute approximate surface area is 154 Å². The quantitative estimate of drug-likeness (QED) is 0.341. The van der Waals surface area contributed by atoms with Gasteiger partial charge in [0.05, 0.1) is 6.85 Å². The van der Waals surface area contributed by atoms with E-state index in [1.807, 2.05) is 18.2 Å². The van der Waals surface area contributed by atoms with Crippen LogP contribution in [0.4, 0.5) is 0 Å². The Morgan fingerprint density at radius 2 is 1.58 bits per heavy atom. The summed E-state index contributed by atoms with van der Waals surface area (Å²) in [5.41, 5.74) is 3.38. The van der Waals surface area contributed by atoms with Gasteiger partial charge in [0.1, 0.15) is 0 Å². The van der Waals surface area contributed by atoms with Crippen molar-refractivity contribution in [3.05, 3.63) is 71.7 Å². The molecule has 0 radical (unpaired) electrons. The molecule has 24 heavy (non-hydrogen) atoms. The molecule has 120 valence electrons. The van der Waals surface area contributed by atoms with E-state index in [1.54, 1.807) is 11.3 Å². The smallest absolute Gasteiger partial charge is 0.0629 e. The second-order valence-corrected chi connectivity index (χ2v) is 8.23. The molecule has 1 heteroatoms. The number of aryl methyl sites for hydroxylation is 1. The van der Waals surface area contributed by atoms with E-state index in [2.05, 4.69) is 39.8 Å². The van der Waals surface area contributed by atoms with Crippen molar-refractivity contribution in [3.8, 4) is 11.1 Å². The standard InChI is InChI=1S/C23H22S/c1-15-18(23(2,3)4)13-14-20-21(15)22-17(11-8-12-19(22)24-20)16-9-6-5-7-10-16/h5-14H,1-4H3/i5D,6D,7D,9D,10D. The lowest BCUT2D eigenvalue weighted by molar-refractivity contribution is 0.587. The molecule has 0 bridgehead atoms. The number of rotatable bonds is 1. The molecule has 0 aliphatic carbocycles. The van der Waals surface area contributed by atoms with Gasteiger partial charge in [-0.1, -0.05) is 69.2 Å². The second-order valence-electron chi connectivity index (χ2n) is 7.14. The van der Waals surface area contributed by atoms with Crippen LogP contribution in [0.25, 0.3) is 31.3 Å². The number of hydrogen-bond donors (Lipinski definition) is 0. The third-order valence-electron chi connectivity index (χ3n) is 4.50. The van der Waals surface area contributed by atoms with E-state index in [0.29, 0.717) is 5.56 Å². The van der Waals surface area contributed by atoms with E-state index in [0.717, 1.165) is 20.2 Å². The lowest BCUT2D eigenvalue weighted by Gasteiger charge is -2.22. The molecular formula is C23H22S. The highest BCUT2D eigenvalue weighted by Gasteiger charge is 2.20. The van der Waals surface area contributed by atoms with Crippen LogP contribution in [0, 0.1) is 6.92 Å². The number of fused-ring (bicyclic) bond motifs is 3. The summed E-state index contributed by atoms with van der Waals surface area (Å²) in [5.74, 6) is 0. The zero-order valence-corrected chi connectivity index (χ0v) is 15.1. The van der Waals surface area contributed by atoms with Crippen LogP contribution in [0.15, 0.2) is 60.5 Å². The van der Waals surface area contributed by atoms with Gasteiger partial charge in [-0.25, -0.2) is 0 Å². The molecule has 1 heterocycles. The normalized spacial score (nSPS) is 15.1. The molecule has 4 rings (SSSR count). The molecule has 0 aliphatic rings. The van der Waals surface area contributed by atoms with Crippen LogP contribution in [0.3, 0.4) is 0 Å². The van der Waals surface area contributed by atoms with E-state index >= 15 is 0 Å². The summed E-state index contributed by atoms with van der Waals surface area (Å²) in [6, 6.07) is 8.83. The summed E-state index contributed by atoms with van der Waals surface area (Å²) in [6.45, 7) is 8.68. The topological polar surface area (TPSA) is 0 Å². The van der Waals surface area contributed by atoms with Gasteiger partial charge in [0.25, 0.3) is 0 Å². The Kier molecular flexibility index (Phi) is 2.43. The summed E-state index contributed by atoms with van der Waals surface area (Å²) in [7, 11) is 0. The molecule has 0 fully saturated rings. The van der Waals surface area contributed by atoms with Crippen molar-refractivity contribution < 1.29 is 6.85 Å². The zero-order valence-electron chi connectivity index (χ0n) is 19.3. The number of hydrogen-bond acceptors (Lipinski definition) is 1. The maximum Gasteiger partial charge on any atom is 0.0629 e. The van der Waals surface area contributed by atoms with Gasteiger partial charge in [-0.05, 0) is 46.7 Å². The number of thiophene rings is 1. The van der Waals surface area contributed by atoms with E-state index in [1.165, 1.54) is 11.1 Å². The van der Waals surface area contributed by atoms with Crippen molar-refractivity contribution in [3.63, 3.8) is 0 Å². The average molecular weight is 336 g/mol. The molecule has 0 unspecified atom stereocenters. The van der Waals surface area contributed by atoms with Crippen LogP contribution in [-0.4, -0.2) is 0 Å². The number of benzene rings is 3. The second kappa shape index (κ2) is 5.46. The fourth-order valence-electron chi connectivity index (χ4n) is 3.48. The molecule has 3 aromatic carbocycles. The molecule has 0 aliphatic heterocycles. The van der Waals surface area contributed by atoms with Crippen LogP contribution >= 0.6 is 11.3 Å². The summed E-state index contributed by atoms with van der Waals surface area (Å²) in [5, 5.41) is 2.08. The van der Waals surface area contributed by atoms with Gasteiger partial charge in [0.15, 0.2) is 0 Å². The monoisotopic (exact) mass is 335 g/mol. The third-order valence-corrected chi connectivity index (χ3v) is 5.62. The maximum atomic E-state index is 8.44. The van der Waals surface area contributed by atoms with Crippen molar-refractivity contribution in [2.45, 2.75) is 33.1 Å². The van der Waals surface area contributed by atoms with Crippen LogP contribution in [0.5, 0.6) is 0 Å².